The van der Waals surface area contributed by atoms with E-state index in [9.17, 15) is 0 Å². The molecule has 0 aliphatic heterocycles. The van der Waals surface area contributed by atoms with Gasteiger partial charge in [-0.15, -0.1) is 0 Å². The molecule has 0 bridgehead atoms. The number of methoxy groups -OCH3 is 1. The molecule has 0 unspecified atom stereocenters. The first-order valence-electron chi connectivity index (χ1n) is 4.40. The van der Waals surface area contributed by atoms with Crippen LogP contribution in [0.1, 0.15) is 26.3 Å². The summed E-state index contributed by atoms with van der Waals surface area (Å²) in [5.41, 5.74) is 1.04. The highest BCUT2D eigenvalue weighted by Crippen LogP contribution is 2.36. The summed E-state index contributed by atoms with van der Waals surface area (Å²) in [4.78, 5) is 0. The van der Waals surface area contributed by atoms with E-state index in [4.69, 9.17) is 27.9 Å². The second-order valence-corrected chi connectivity index (χ2v) is 5.03. The number of hydrogen-bond acceptors (Lipinski definition) is 1. The van der Waals surface area contributed by atoms with Crippen molar-refractivity contribution in [2.24, 2.45) is 0 Å². The first kappa shape index (κ1) is 11.7. The SMILES string of the molecule is COc1cc(C(C)(C)C)c(Cl)cc1Cl. The predicted octanol–water partition coefficient (Wildman–Crippen LogP) is 4.30. The van der Waals surface area contributed by atoms with E-state index in [2.05, 4.69) is 20.8 Å². The van der Waals surface area contributed by atoms with Crippen molar-refractivity contribution in [3.8, 4) is 5.75 Å². The molecule has 1 aromatic rings. The second kappa shape index (κ2) is 4.00. The third-order valence-corrected chi connectivity index (χ3v) is 2.66. The van der Waals surface area contributed by atoms with Crippen LogP contribution >= 0.6 is 23.2 Å². The van der Waals surface area contributed by atoms with E-state index in [0.717, 1.165) is 5.56 Å². The zero-order chi connectivity index (χ0) is 10.9. The van der Waals surface area contributed by atoms with Crippen LogP contribution in [0.2, 0.25) is 10.0 Å². The van der Waals surface area contributed by atoms with Crippen LogP contribution in [-0.2, 0) is 5.41 Å². The van der Waals surface area contributed by atoms with Gasteiger partial charge in [-0.1, -0.05) is 44.0 Å². The maximum Gasteiger partial charge on any atom is 0.137 e. The second-order valence-electron chi connectivity index (χ2n) is 4.22. The molecule has 0 heterocycles. The van der Waals surface area contributed by atoms with Gasteiger partial charge in [0.1, 0.15) is 5.75 Å². The molecule has 0 aliphatic rings. The van der Waals surface area contributed by atoms with Crippen LogP contribution in [0.4, 0.5) is 0 Å². The molecule has 0 aromatic heterocycles. The molecule has 0 N–H and O–H groups in total. The Morgan fingerprint density at radius 1 is 1.07 bits per heavy atom. The lowest BCUT2D eigenvalue weighted by molar-refractivity contribution is 0.413. The maximum absolute atomic E-state index is 6.10. The Labute approximate surface area is 95.0 Å². The molecule has 0 amide bonds. The summed E-state index contributed by atoms with van der Waals surface area (Å²) in [7, 11) is 1.60. The average Bonchev–Trinajstić information content (AvgIpc) is 2.02. The third kappa shape index (κ3) is 2.34. The molecule has 14 heavy (non-hydrogen) atoms. The Bertz CT molecular complexity index is 340. The van der Waals surface area contributed by atoms with Crippen LogP contribution in [0.15, 0.2) is 12.1 Å². The van der Waals surface area contributed by atoms with E-state index < -0.39 is 0 Å². The van der Waals surface area contributed by atoms with E-state index in [0.29, 0.717) is 15.8 Å². The summed E-state index contributed by atoms with van der Waals surface area (Å²) < 4.78 is 5.15. The minimum atomic E-state index is -0.00501. The van der Waals surface area contributed by atoms with Crippen LogP contribution in [0.5, 0.6) is 5.75 Å². The zero-order valence-corrected chi connectivity index (χ0v) is 10.3. The molecule has 0 atom stereocenters. The van der Waals surface area contributed by atoms with Gasteiger partial charge in [-0.3, -0.25) is 0 Å². The van der Waals surface area contributed by atoms with Gasteiger partial charge in [0.15, 0.2) is 0 Å². The van der Waals surface area contributed by atoms with Crippen LogP contribution in [0.3, 0.4) is 0 Å². The number of ether oxygens (including phenoxy) is 1. The Hall–Kier alpha value is -0.400. The van der Waals surface area contributed by atoms with Crippen LogP contribution in [-0.4, -0.2) is 7.11 Å². The third-order valence-electron chi connectivity index (χ3n) is 2.05. The first-order chi connectivity index (χ1) is 6.36. The van der Waals surface area contributed by atoms with E-state index in [1.807, 2.05) is 6.07 Å². The molecular weight excluding hydrogens is 219 g/mol. The van der Waals surface area contributed by atoms with Crippen molar-refractivity contribution in [3.05, 3.63) is 27.7 Å². The molecule has 3 heteroatoms. The fourth-order valence-electron chi connectivity index (χ4n) is 1.26. The molecule has 0 radical (unpaired) electrons. The lowest BCUT2D eigenvalue weighted by Gasteiger charge is -2.21. The summed E-state index contributed by atoms with van der Waals surface area (Å²) in [5.74, 6) is 0.668. The monoisotopic (exact) mass is 232 g/mol. The van der Waals surface area contributed by atoms with Gasteiger partial charge in [-0.2, -0.15) is 0 Å². The largest absolute Gasteiger partial charge is 0.495 e. The van der Waals surface area contributed by atoms with Crippen molar-refractivity contribution < 1.29 is 4.74 Å². The highest BCUT2D eigenvalue weighted by atomic mass is 35.5. The predicted molar refractivity (Wildman–Crippen MR) is 61.7 cm³/mol. The molecule has 0 fully saturated rings. The normalized spacial score (nSPS) is 11.6. The van der Waals surface area contributed by atoms with Crippen molar-refractivity contribution in [2.75, 3.05) is 7.11 Å². The van der Waals surface area contributed by atoms with Crippen molar-refractivity contribution >= 4 is 23.2 Å². The number of halogens is 2. The number of benzene rings is 1. The van der Waals surface area contributed by atoms with Gasteiger partial charge in [0.2, 0.25) is 0 Å². The Morgan fingerprint density at radius 2 is 1.64 bits per heavy atom. The number of hydrogen-bond donors (Lipinski definition) is 0. The fourth-order valence-corrected chi connectivity index (χ4v) is 2.00. The smallest absolute Gasteiger partial charge is 0.137 e. The Balaban J connectivity index is 3.32. The van der Waals surface area contributed by atoms with Crippen LogP contribution < -0.4 is 4.74 Å². The highest BCUT2D eigenvalue weighted by molar-refractivity contribution is 6.36. The number of rotatable bonds is 1. The van der Waals surface area contributed by atoms with Gasteiger partial charge in [0, 0.05) is 5.02 Å². The lowest BCUT2D eigenvalue weighted by Crippen LogP contribution is -2.12. The summed E-state index contributed by atoms with van der Waals surface area (Å²) in [6, 6.07) is 3.62. The minimum Gasteiger partial charge on any atom is -0.495 e. The van der Waals surface area contributed by atoms with Crippen LogP contribution in [0.25, 0.3) is 0 Å². The topological polar surface area (TPSA) is 9.23 Å². The van der Waals surface area contributed by atoms with Gasteiger partial charge < -0.3 is 4.74 Å². The fraction of sp³-hybridized carbons (Fsp3) is 0.455. The van der Waals surface area contributed by atoms with Crippen molar-refractivity contribution in [2.45, 2.75) is 26.2 Å². The summed E-state index contributed by atoms with van der Waals surface area (Å²) >= 11 is 12.0. The molecular formula is C11H14Cl2O. The highest BCUT2D eigenvalue weighted by Gasteiger charge is 2.19. The van der Waals surface area contributed by atoms with Crippen LogP contribution in [0, 0.1) is 0 Å². The van der Waals surface area contributed by atoms with E-state index >= 15 is 0 Å². The van der Waals surface area contributed by atoms with E-state index in [1.54, 1.807) is 13.2 Å². The van der Waals surface area contributed by atoms with E-state index in [-0.39, 0.29) is 5.41 Å². The minimum absolute atomic E-state index is 0.00501. The molecule has 1 nitrogen and oxygen atoms in total. The molecule has 0 saturated heterocycles. The molecule has 0 aliphatic carbocycles. The van der Waals surface area contributed by atoms with Crippen molar-refractivity contribution in [3.63, 3.8) is 0 Å². The summed E-state index contributed by atoms with van der Waals surface area (Å²) in [6.07, 6.45) is 0. The molecule has 78 valence electrons. The van der Waals surface area contributed by atoms with Gasteiger partial charge in [-0.25, -0.2) is 0 Å². The average molecular weight is 233 g/mol. The van der Waals surface area contributed by atoms with Gasteiger partial charge in [0.05, 0.1) is 12.1 Å². The Morgan fingerprint density at radius 3 is 2.07 bits per heavy atom. The van der Waals surface area contributed by atoms with Crippen molar-refractivity contribution in [1.82, 2.24) is 0 Å². The van der Waals surface area contributed by atoms with E-state index in [1.165, 1.54) is 0 Å². The van der Waals surface area contributed by atoms with Gasteiger partial charge in [0.25, 0.3) is 0 Å². The van der Waals surface area contributed by atoms with Gasteiger partial charge in [-0.05, 0) is 23.1 Å². The quantitative estimate of drug-likeness (QED) is 0.702. The van der Waals surface area contributed by atoms with Gasteiger partial charge >= 0.3 is 0 Å². The summed E-state index contributed by atoms with van der Waals surface area (Å²) in [5, 5.41) is 1.23. The first-order valence-corrected chi connectivity index (χ1v) is 5.15. The molecule has 1 aromatic carbocycles. The Kier molecular flexibility index (Phi) is 3.33. The maximum atomic E-state index is 6.10. The lowest BCUT2D eigenvalue weighted by atomic mass is 9.87. The summed E-state index contributed by atoms with van der Waals surface area (Å²) in [6.45, 7) is 6.30. The standard InChI is InChI=1S/C11H14Cl2O/c1-11(2,3)7-5-10(14-4)9(13)6-8(7)12/h5-6H,1-4H3. The molecule has 1 rings (SSSR count). The molecule has 0 saturated carbocycles. The molecule has 0 spiro atoms. The zero-order valence-electron chi connectivity index (χ0n) is 8.82. The van der Waals surface area contributed by atoms with Crippen molar-refractivity contribution in [1.29, 1.82) is 0 Å².